The summed E-state index contributed by atoms with van der Waals surface area (Å²) in [6.45, 7) is 3.86. The molecule has 7 nitrogen and oxygen atoms in total. The lowest BCUT2D eigenvalue weighted by atomic mass is 10.1. The fourth-order valence-corrected chi connectivity index (χ4v) is 2.97. The number of hydrazone groups is 1. The van der Waals surface area contributed by atoms with Crippen molar-refractivity contribution in [3.63, 3.8) is 0 Å². The molecule has 7 heteroatoms. The number of hydrogen-bond acceptors (Lipinski definition) is 5. The summed E-state index contributed by atoms with van der Waals surface area (Å²) in [5, 5.41) is 8.48. The zero-order valence-electron chi connectivity index (χ0n) is 16.4. The molecule has 0 atom stereocenters. The molecule has 1 N–H and O–H groups in total. The van der Waals surface area contributed by atoms with E-state index in [1.54, 1.807) is 25.3 Å². The first-order valence-electron chi connectivity index (χ1n) is 8.94. The van der Waals surface area contributed by atoms with Crippen LogP contribution in [-0.2, 0) is 9.59 Å². The molecule has 0 unspecified atom stereocenters. The smallest absolute Gasteiger partial charge is 0.271 e. The summed E-state index contributed by atoms with van der Waals surface area (Å²) < 4.78 is 10.5. The second-order valence-corrected chi connectivity index (χ2v) is 6.57. The standard InChI is InChI=1S/C21H23N3O4/c1-13-5-6-14(2)17(11-13)24-20(25)10-8-16(23-24)21(26)22-15-7-9-18(27-3)19(12-15)28-4/h5-7,9,11-12H,8,10H2,1-4H3,(H,22,26). The van der Waals surface area contributed by atoms with Crippen LogP contribution < -0.4 is 19.8 Å². The lowest BCUT2D eigenvalue weighted by Crippen LogP contribution is -2.36. The third-order valence-electron chi connectivity index (χ3n) is 4.53. The van der Waals surface area contributed by atoms with Crippen molar-refractivity contribution in [1.82, 2.24) is 0 Å². The van der Waals surface area contributed by atoms with Gasteiger partial charge in [-0.05, 0) is 43.2 Å². The van der Waals surface area contributed by atoms with Gasteiger partial charge in [-0.1, -0.05) is 12.1 Å². The first-order valence-corrected chi connectivity index (χ1v) is 8.94. The topological polar surface area (TPSA) is 80.2 Å². The fourth-order valence-electron chi connectivity index (χ4n) is 2.97. The van der Waals surface area contributed by atoms with Crippen LogP contribution in [0.3, 0.4) is 0 Å². The summed E-state index contributed by atoms with van der Waals surface area (Å²) >= 11 is 0. The van der Waals surface area contributed by atoms with Gasteiger partial charge in [0.25, 0.3) is 5.91 Å². The van der Waals surface area contributed by atoms with E-state index in [1.807, 2.05) is 32.0 Å². The van der Waals surface area contributed by atoms with Crippen LogP contribution in [-0.4, -0.2) is 31.7 Å². The van der Waals surface area contributed by atoms with Crippen molar-refractivity contribution in [2.75, 3.05) is 24.5 Å². The molecule has 3 rings (SSSR count). The molecule has 0 bridgehead atoms. The van der Waals surface area contributed by atoms with Crippen molar-refractivity contribution >= 4 is 28.9 Å². The normalized spacial score (nSPS) is 13.8. The molecular formula is C21H23N3O4. The number of methoxy groups -OCH3 is 2. The van der Waals surface area contributed by atoms with Crippen molar-refractivity contribution in [1.29, 1.82) is 0 Å². The molecule has 1 heterocycles. The molecule has 28 heavy (non-hydrogen) atoms. The molecule has 146 valence electrons. The second-order valence-electron chi connectivity index (χ2n) is 6.57. The molecule has 0 aromatic heterocycles. The van der Waals surface area contributed by atoms with Crippen LogP contribution in [0.2, 0.25) is 0 Å². The van der Waals surface area contributed by atoms with Crippen molar-refractivity contribution in [3.8, 4) is 11.5 Å². The Labute approximate surface area is 163 Å². The lowest BCUT2D eigenvalue weighted by Gasteiger charge is -2.25. The zero-order chi connectivity index (χ0) is 20.3. The summed E-state index contributed by atoms with van der Waals surface area (Å²) in [7, 11) is 3.08. The van der Waals surface area contributed by atoms with Gasteiger partial charge in [0, 0.05) is 24.6 Å². The number of rotatable bonds is 5. The summed E-state index contributed by atoms with van der Waals surface area (Å²) in [6.07, 6.45) is 0.519. The third kappa shape index (κ3) is 3.98. The number of nitrogens with one attached hydrogen (secondary N) is 1. The Morgan fingerprint density at radius 3 is 2.50 bits per heavy atom. The Bertz CT molecular complexity index is 953. The number of anilines is 2. The second kappa shape index (κ2) is 8.12. The minimum absolute atomic E-state index is 0.128. The van der Waals surface area contributed by atoms with Gasteiger partial charge >= 0.3 is 0 Å². The molecule has 2 amide bonds. The van der Waals surface area contributed by atoms with Crippen LogP contribution in [0.4, 0.5) is 11.4 Å². The van der Waals surface area contributed by atoms with Gasteiger partial charge in [-0.25, -0.2) is 5.01 Å². The predicted octanol–water partition coefficient (Wildman–Crippen LogP) is 3.44. The number of nitrogens with zero attached hydrogens (tertiary/aromatic N) is 2. The van der Waals surface area contributed by atoms with E-state index in [4.69, 9.17) is 9.47 Å². The van der Waals surface area contributed by atoms with Crippen LogP contribution in [0.1, 0.15) is 24.0 Å². The maximum Gasteiger partial charge on any atom is 0.271 e. The number of aryl methyl sites for hydroxylation is 2. The van der Waals surface area contributed by atoms with Gasteiger partial charge in [-0.3, -0.25) is 9.59 Å². The molecule has 0 spiro atoms. The number of benzene rings is 2. The Hall–Kier alpha value is -3.35. The lowest BCUT2D eigenvalue weighted by molar-refractivity contribution is -0.118. The zero-order valence-corrected chi connectivity index (χ0v) is 16.4. The van der Waals surface area contributed by atoms with Crippen molar-refractivity contribution < 1.29 is 19.1 Å². The maximum atomic E-state index is 12.7. The Balaban J connectivity index is 1.85. The largest absolute Gasteiger partial charge is 0.493 e. The number of amides is 2. The average molecular weight is 381 g/mol. The molecule has 0 fully saturated rings. The first kappa shape index (κ1) is 19.4. The predicted molar refractivity (Wildman–Crippen MR) is 108 cm³/mol. The van der Waals surface area contributed by atoms with E-state index in [0.29, 0.717) is 35.0 Å². The van der Waals surface area contributed by atoms with Crippen LogP contribution >= 0.6 is 0 Å². The summed E-state index contributed by atoms with van der Waals surface area (Å²) in [5.41, 5.74) is 3.49. The van der Waals surface area contributed by atoms with Crippen molar-refractivity contribution in [3.05, 3.63) is 47.5 Å². The quantitative estimate of drug-likeness (QED) is 0.860. The van der Waals surface area contributed by atoms with Crippen LogP contribution in [0.15, 0.2) is 41.5 Å². The van der Waals surface area contributed by atoms with Gasteiger partial charge in [-0.15, -0.1) is 0 Å². The minimum atomic E-state index is -0.352. The number of carbonyl (C=O) groups excluding carboxylic acids is 2. The number of hydrogen-bond donors (Lipinski definition) is 1. The van der Waals surface area contributed by atoms with E-state index in [1.165, 1.54) is 12.1 Å². The van der Waals surface area contributed by atoms with E-state index >= 15 is 0 Å². The molecule has 2 aromatic rings. The highest BCUT2D eigenvalue weighted by Gasteiger charge is 2.26. The molecule has 1 aliphatic heterocycles. The van der Waals surface area contributed by atoms with Gasteiger partial charge in [0.1, 0.15) is 5.71 Å². The van der Waals surface area contributed by atoms with Gasteiger partial charge in [0.05, 0.1) is 19.9 Å². The van der Waals surface area contributed by atoms with Crippen molar-refractivity contribution in [2.24, 2.45) is 5.10 Å². The minimum Gasteiger partial charge on any atom is -0.493 e. The summed E-state index contributed by atoms with van der Waals surface area (Å²) in [5.74, 6) is 0.603. The summed E-state index contributed by atoms with van der Waals surface area (Å²) in [6, 6.07) is 10.9. The van der Waals surface area contributed by atoms with Gasteiger partial charge in [-0.2, -0.15) is 5.10 Å². The van der Waals surface area contributed by atoms with Gasteiger partial charge in [0.2, 0.25) is 5.91 Å². The Kier molecular flexibility index (Phi) is 5.63. The number of carbonyl (C=O) groups is 2. The van der Waals surface area contributed by atoms with Gasteiger partial charge in [0.15, 0.2) is 11.5 Å². The van der Waals surface area contributed by atoms with E-state index in [9.17, 15) is 9.59 Å². The molecule has 1 aliphatic rings. The highest BCUT2D eigenvalue weighted by molar-refractivity contribution is 6.44. The summed E-state index contributed by atoms with van der Waals surface area (Å²) in [4.78, 5) is 25.1. The fraction of sp³-hybridized carbons (Fsp3) is 0.286. The third-order valence-corrected chi connectivity index (χ3v) is 4.53. The van der Waals surface area contributed by atoms with E-state index in [2.05, 4.69) is 10.4 Å². The molecule has 0 radical (unpaired) electrons. The molecule has 2 aromatic carbocycles. The monoisotopic (exact) mass is 381 g/mol. The maximum absolute atomic E-state index is 12.7. The van der Waals surface area contributed by atoms with E-state index < -0.39 is 0 Å². The average Bonchev–Trinajstić information content (AvgIpc) is 2.70. The first-order chi connectivity index (χ1) is 13.4. The molecule has 0 aliphatic carbocycles. The molecule has 0 saturated carbocycles. The Morgan fingerprint density at radius 1 is 1.04 bits per heavy atom. The molecule has 0 saturated heterocycles. The highest BCUT2D eigenvalue weighted by atomic mass is 16.5. The molecular weight excluding hydrogens is 358 g/mol. The SMILES string of the molecule is COc1ccc(NC(=O)C2=NN(c3cc(C)ccc3C)C(=O)CC2)cc1OC. The van der Waals surface area contributed by atoms with Crippen LogP contribution in [0, 0.1) is 13.8 Å². The highest BCUT2D eigenvalue weighted by Crippen LogP contribution is 2.30. The van der Waals surface area contributed by atoms with Gasteiger partial charge < -0.3 is 14.8 Å². The van der Waals surface area contributed by atoms with Crippen molar-refractivity contribution in [2.45, 2.75) is 26.7 Å². The van der Waals surface area contributed by atoms with E-state index in [-0.39, 0.29) is 18.2 Å². The van der Waals surface area contributed by atoms with Crippen LogP contribution in [0.5, 0.6) is 11.5 Å². The number of ether oxygens (including phenoxy) is 2. The van der Waals surface area contributed by atoms with E-state index in [0.717, 1.165) is 11.1 Å². The van der Waals surface area contributed by atoms with Crippen LogP contribution in [0.25, 0.3) is 0 Å². The Morgan fingerprint density at radius 2 is 1.79 bits per heavy atom.